The monoisotopic (exact) mass is 510 g/mol. The molecular weight excluding hydrogens is 496 g/mol. The lowest BCUT2D eigenvalue weighted by atomic mass is 10.1. The van der Waals surface area contributed by atoms with Crippen molar-refractivity contribution in [2.24, 2.45) is 7.05 Å². The number of fused-ring (bicyclic) bond motifs is 1. The fourth-order valence-electron chi connectivity index (χ4n) is 3.35. The summed E-state index contributed by atoms with van der Waals surface area (Å²) in [4.78, 5) is 19.0. The number of carbonyl (C=O) groups is 1. The Bertz CT molecular complexity index is 1420. The van der Waals surface area contributed by atoms with Gasteiger partial charge in [0, 0.05) is 17.1 Å². The Labute approximate surface area is 193 Å². The number of amides is 1. The number of pyridine rings is 1. The predicted molar refractivity (Wildman–Crippen MR) is 128 cm³/mol. The average molecular weight is 511 g/mol. The van der Waals surface area contributed by atoms with Gasteiger partial charge in [0.1, 0.15) is 5.01 Å². The van der Waals surface area contributed by atoms with Crippen molar-refractivity contribution in [3.63, 3.8) is 0 Å². The average Bonchev–Trinajstić information content (AvgIpc) is 3.49. The molecule has 0 aliphatic heterocycles. The van der Waals surface area contributed by atoms with Crippen LogP contribution in [0.2, 0.25) is 0 Å². The molecule has 0 unspecified atom stereocenters. The molecule has 0 saturated heterocycles. The predicted octanol–water partition coefficient (Wildman–Crippen LogP) is 5.54. The summed E-state index contributed by atoms with van der Waals surface area (Å²) in [6.07, 6.45) is 0. The Balaban J connectivity index is 1.53. The summed E-state index contributed by atoms with van der Waals surface area (Å²) in [5.41, 5.74) is 3.60. The molecule has 0 aliphatic carbocycles. The second-order valence-corrected chi connectivity index (χ2v) is 9.66. The van der Waals surface area contributed by atoms with Gasteiger partial charge >= 0.3 is 0 Å². The number of hydrogen-bond acceptors (Lipinski definition) is 7. The fourth-order valence-corrected chi connectivity index (χ4v) is 5.17. The number of carbonyl (C=O) groups excluding carboxylic acids is 1. The van der Waals surface area contributed by atoms with E-state index in [0.717, 1.165) is 36.7 Å². The van der Waals surface area contributed by atoms with Crippen LogP contribution in [-0.2, 0) is 7.05 Å². The van der Waals surface area contributed by atoms with Gasteiger partial charge in [-0.3, -0.25) is 14.8 Å². The molecule has 7 nitrogen and oxygen atoms in total. The molecule has 1 amide bonds. The molecule has 0 bridgehead atoms. The van der Waals surface area contributed by atoms with Crippen molar-refractivity contribution < 1.29 is 4.79 Å². The Hall–Kier alpha value is -2.95. The van der Waals surface area contributed by atoms with Crippen LogP contribution in [0.5, 0.6) is 0 Å². The maximum Gasteiger partial charge on any atom is 0.258 e. The molecule has 0 fully saturated rings. The molecule has 5 rings (SSSR count). The second-order valence-electron chi connectivity index (χ2n) is 6.82. The number of nitrogens with zero attached hydrogens (tertiary/aromatic N) is 5. The molecule has 31 heavy (non-hydrogen) atoms. The highest BCUT2D eigenvalue weighted by molar-refractivity contribution is 9.10. The minimum atomic E-state index is -0.266. The highest BCUT2D eigenvalue weighted by Gasteiger charge is 2.21. The maximum atomic E-state index is 13.3. The number of benzene rings is 1. The van der Waals surface area contributed by atoms with Crippen LogP contribution in [-0.4, -0.2) is 30.9 Å². The van der Waals surface area contributed by atoms with Crippen molar-refractivity contribution >= 4 is 60.7 Å². The van der Waals surface area contributed by atoms with E-state index in [1.54, 1.807) is 16.0 Å². The number of nitrogens with one attached hydrogen (secondary N) is 1. The Morgan fingerprint density at radius 1 is 1.16 bits per heavy atom. The van der Waals surface area contributed by atoms with Gasteiger partial charge in [-0.2, -0.15) is 5.10 Å². The van der Waals surface area contributed by atoms with Crippen LogP contribution in [0.1, 0.15) is 16.1 Å². The minimum absolute atomic E-state index is 0.266. The molecule has 154 valence electrons. The van der Waals surface area contributed by atoms with E-state index in [-0.39, 0.29) is 5.91 Å². The highest BCUT2D eigenvalue weighted by Crippen LogP contribution is 2.31. The molecule has 0 aliphatic rings. The molecule has 4 aromatic heterocycles. The number of hydrogen-bond donors (Lipinski definition) is 1. The third kappa shape index (κ3) is 3.78. The Morgan fingerprint density at radius 2 is 2.03 bits per heavy atom. The smallest absolute Gasteiger partial charge is 0.258 e. The maximum absolute atomic E-state index is 13.3. The lowest BCUT2D eigenvalue weighted by molar-refractivity contribution is 0.102. The van der Waals surface area contributed by atoms with Gasteiger partial charge in [0.05, 0.1) is 27.2 Å². The van der Waals surface area contributed by atoms with E-state index in [1.807, 2.05) is 61.8 Å². The van der Waals surface area contributed by atoms with Crippen LogP contribution in [0.4, 0.5) is 5.13 Å². The first kappa shape index (κ1) is 20.0. The van der Waals surface area contributed by atoms with E-state index < -0.39 is 0 Å². The lowest BCUT2D eigenvalue weighted by Gasteiger charge is -2.07. The fraction of sp³-hybridized carbons (Fsp3) is 0.0952. The van der Waals surface area contributed by atoms with Gasteiger partial charge in [-0.1, -0.05) is 45.5 Å². The zero-order valence-electron chi connectivity index (χ0n) is 16.5. The van der Waals surface area contributed by atoms with Crippen LogP contribution in [0.25, 0.3) is 32.2 Å². The summed E-state index contributed by atoms with van der Waals surface area (Å²) in [7, 11) is 1.83. The van der Waals surface area contributed by atoms with Crippen LogP contribution in [0, 0.1) is 6.92 Å². The van der Waals surface area contributed by atoms with Gasteiger partial charge in [-0.15, -0.1) is 21.5 Å². The van der Waals surface area contributed by atoms with Crippen molar-refractivity contribution in [2.75, 3.05) is 5.32 Å². The standard InChI is InChI=1S/C21H15BrN6OS2/c1-11-17-14(10-15(16-7-4-8-30-16)23-18(17)28(2)27-11)19(29)24-21-26-25-20(31-21)12-5-3-6-13(22)9-12/h3-10H,1-2H3,(H,24,26,29). The Kier molecular flexibility index (Phi) is 5.12. The van der Waals surface area contributed by atoms with Gasteiger partial charge in [0.25, 0.3) is 5.91 Å². The first-order valence-corrected chi connectivity index (χ1v) is 11.8. The molecule has 4 heterocycles. The van der Waals surface area contributed by atoms with E-state index in [9.17, 15) is 4.79 Å². The molecule has 0 spiro atoms. The van der Waals surface area contributed by atoms with E-state index >= 15 is 0 Å². The SMILES string of the molecule is Cc1nn(C)c2nc(-c3cccs3)cc(C(=O)Nc3nnc(-c4cccc(Br)c4)s3)c12. The largest absolute Gasteiger partial charge is 0.296 e. The molecule has 1 N–H and O–H groups in total. The summed E-state index contributed by atoms with van der Waals surface area (Å²) in [6.45, 7) is 1.88. The number of anilines is 1. The number of thiophene rings is 1. The zero-order chi connectivity index (χ0) is 21.5. The summed E-state index contributed by atoms with van der Waals surface area (Å²) < 4.78 is 2.66. The van der Waals surface area contributed by atoms with Crippen molar-refractivity contribution in [1.29, 1.82) is 0 Å². The number of halogens is 1. The molecule has 5 aromatic rings. The van der Waals surface area contributed by atoms with E-state index in [0.29, 0.717) is 16.3 Å². The van der Waals surface area contributed by atoms with Crippen molar-refractivity contribution in [2.45, 2.75) is 6.92 Å². The van der Waals surface area contributed by atoms with Gasteiger partial charge in [0.15, 0.2) is 5.65 Å². The van der Waals surface area contributed by atoms with E-state index in [2.05, 4.69) is 36.5 Å². The second kappa shape index (κ2) is 7.95. The van der Waals surface area contributed by atoms with Crippen LogP contribution >= 0.6 is 38.6 Å². The minimum Gasteiger partial charge on any atom is -0.296 e. The number of aryl methyl sites for hydroxylation is 2. The first-order valence-electron chi connectivity index (χ1n) is 9.28. The van der Waals surface area contributed by atoms with Crippen LogP contribution in [0.15, 0.2) is 52.3 Å². The van der Waals surface area contributed by atoms with Gasteiger partial charge in [-0.25, -0.2) is 4.98 Å². The molecule has 0 atom stereocenters. The van der Waals surface area contributed by atoms with Gasteiger partial charge < -0.3 is 0 Å². The summed E-state index contributed by atoms with van der Waals surface area (Å²) in [6, 6.07) is 13.6. The summed E-state index contributed by atoms with van der Waals surface area (Å²) in [5.74, 6) is -0.266. The van der Waals surface area contributed by atoms with Crippen LogP contribution < -0.4 is 5.32 Å². The third-order valence-corrected chi connectivity index (χ3v) is 6.98. The van der Waals surface area contributed by atoms with Crippen LogP contribution in [0.3, 0.4) is 0 Å². The highest BCUT2D eigenvalue weighted by atomic mass is 79.9. The van der Waals surface area contributed by atoms with E-state index in [1.165, 1.54) is 11.3 Å². The topological polar surface area (TPSA) is 85.6 Å². The van der Waals surface area contributed by atoms with E-state index in [4.69, 9.17) is 4.98 Å². The normalized spacial score (nSPS) is 11.2. The molecule has 10 heteroatoms. The number of rotatable bonds is 4. The first-order chi connectivity index (χ1) is 15.0. The molecule has 0 radical (unpaired) electrons. The molecule has 0 saturated carbocycles. The lowest BCUT2D eigenvalue weighted by Crippen LogP contribution is -2.13. The van der Waals surface area contributed by atoms with Gasteiger partial charge in [-0.05, 0) is 36.6 Å². The number of aromatic nitrogens is 5. The van der Waals surface area contributed by atoms with Crippen molar-refractivity contribution in [3.05, 3.63) is 63.6 Å². The quantitative estimate of drug-likeness (QED) is 0.343. The summed E-state index contributed by atoms with van der Waals surface area (Å²) >= 11 is 6.37. The summed E-state index contributed by atoms with van der Waals surface area (Å²) in [5, 5.41) is 19.6. The molecular formula is C21H15BrN6OS2. The van der Waals surface area contributed by atoms with Gasteiger partial charge in [0.2, 0.25) is 5.13 Å². The van der Waals surface area contributed by atoms with Crippen molar-refractivity contribution in [1.82, 2.24) is 25.0 Å². The van der Waals surface area contributed by atoms with Crippen molar-refractivity contribution in [3.8, 4) is 21.1 Å². The zero-order valence-corrected chi connectivity index (χ0v) is 19.7. The molecule has 1 aromatic carbocycles. The Morgan fingerprint density at radius 3 is 2.81 bits per heavy atom. The third-order valence-electron chi connectivity index (χ3n) is 4.70.